The van der Waals surface area contributed by atoms with Crippen LogP contribution in [0.4, 0.5) is 0 Å². The third kappa shape index (κ3) is 3.80. The predicted molar refractivity (Wildman–Crippen MR) is 79.0 cm³/mol. The second-order valence-electron chi connectivity index (χ2n) is 5.34. The molecule has 0 amide bonds. The molecular weight excluding hydrogens is 306 g/mol. The summed E-state index contributed by atoms with van der Waals surface area (Å²) >= 11 is 3.43. The van der Waals surface area contributed by atoms with Gasteiger partial charge < -0.3 is 5.11 Å². The number of carboxylic acid groups (broad SMARTS) is 1. The minimum Gasteiger partial charge on any atom is -0.481 e. The second kappa shape index (κ2) is 6.53. The van der Waals surface area contributed by atoms with Crippen LogP contribution in [-0.4, -0.2) is 29.1 Å². The molecule has 1 N–H and O–H groups in total. The first-order valence-corrected chi connectivity index (χ1v) is 7.54. The van der Waals surface area contributed by atoms with Gasteiger partial charge in [-0.25, -0.2) is 0 Å². The average Bonchev–Trinajstić information content (AvgIpc) is 2.41. The van der Waals surface area contributed by atoms with Crippen molar-refractivity contribution >= 4 is 21.9 Å². The highest BCUT2D eigenvalue weighted by Gasteiger charge is 2.33. The van der Waals surface area contributed by atoms with Crippen LogP contribution in [-0.2, 0) is 11.3 Å². The molecule has 0 heterocycles. The lowest BCUT2D eigenvalue weighted by molar-refractivity contribution is -0.145. The zero-order valence-electron chi connectivity index (χ0n) is 11.2. The van der Waals surface area contributed by atoms with Crippen LogP contribution in [0.3, 0.4) is 0 Å². The summed E-state index contributed by atoms with van der Waals surface area (Å²) in [6.07, 6.45) is 3.98. The van der Waals surface area contributed by atoms with Crippen molar-refractivity contribution in [3.63, 3.8) is 0 Å². The van der Waals surface area contributed by atoms with Gasteiger partial charge in [0.2, 0.25) is 0 Å². The topological polar surface area (TPSA) is 40.5 Å². The summed E-state index contributed by atoms with van der Waals surface area (Å²) in [5.41, 5.74) is 1.22. The molecule has 1 fully saturated rings. The molecule has 104 valence electrons. The summed E-state index contributed by atoms with van der Waals surface area (Å²) in [5.74, 6) is -0.860. The molecule has 1 aromatic carbocycles. The third-order valence-electron chi connectivity index (χ3n) is 3.96. The molecule has 2 unspecified atom stereocenters. The Kier molecular flexibility index (Phi) is 4.99. The van der Waals surface area contributed by atoms with Crippen molar-refractivity contribution < 1.29 is 9.90 Å². The number of halogens is 1. The second-order valence-corrected chi connectivity index (χ2v) is 6.25. The van der Waals surface area contributed by atoms with Crippen LogP contribution in [0.2, 0.25) is 0 Å². The maximum absolute atomic E-state index is 11.3. The van der Waals surface area contributed by atoms with Crippen LogP contribution >= 0.6 is 15.9 Å². The Morgan fingerprint density at radius 1 is 1.32 bits per heavy atom. The van der Waals surface area contributed by atoms with Crippen molar-refractivity contribution in [1.82, 2.24) is 4.90 Å². The number of hydrogen-bond acceptors (Lipinski definition) is 2. The molecule has 1 saturated carbocycles. The van der Waals surface area contributed by atoms with Crippen molar-refractivity contribution in [3.8, 4) is 0 Å². The molecule has 0 saturated heterocycles. The fraction of sp³-hybridized carbons (Fsp3) is 0.533. The quantitative estimate of drug-likeness (QED) is 0.920. The molecule has 3 nitrogen and oxygen atoms in total. The minimum atomic E-state index is -0.646. The summed E-state index contributed by atoms with van der Waals surface area (Å²) in [7, 11) is 2.04. The standard InChI is InChI=1S/C15H20BrNO2/c1-17(10-11-6-8-12(16)9-7-11)14-5-3-2-4-13(14)15(18)19/h6-9,13-14H,2-5,10H2,1H3,(H,18,19). The molecule has 1 aliphatic carbocycles. The van der Waals surface area contributed by atoms with E-state index < -0.39 is 5.97 Å². The van der Waals surface area contributed by atoms with Crippen molar-refractivity contribution in [2.45, 2.75) is 38.3 Å². The molecule has 0 aromatic heterocycles. The van der Waals surface area contributed by atoms with Gasteiger partial charge in [-0.2, -0.15) is 0 Å². The van der Waals surface area contributed by atoms with Crippen LogP contribution < -0.4 is 0 Å². The van der Waals surface area contributed by atoms with Crippen LogP contribution in [0, 0.1) is 5.92 Å². The molecule has 1 aliphatic rings. The van der Waals surface area contributed by atoms with E-state index in [-0.39, 0.29) is 12.0 Å². The predicted octanol–water partition coefficient (Wildman–Crippen LogP) is 3.52. The smallest absolute Gasteiger partial charge is 0.308 e. The molecular formula is C15H20BrNO2. The maximum atomic E-state index is 11.3. The molecule has 4 heteroatoms. The first-order valence-electron chi connectivity index (χ1n) is 6.75. The normalized spacial score (nSPS) is 23.5. The largest absolute Gasteiger partial charge is 0.481 e. The summed E-state index contributed by atoms with van der Waals surface area (Å²) in [6.45, 7) is 0.807. The lowest BCUT2D eigenvalue weighted by Gasteiger charge is -2.35. The molecule has 1 aromatic rings. The molecule has 0 spiro atoms. The van der Waals surface area contributed by atoms with Crippen molar-refractivity contribution in [2.75, 3.05) is 7.05 Å². The zero-order chi connectivity index (χ0) is 13.8. The Balaban J connectivity index is 2.03. The van der Waals surface area contributed by atoms with Gasteiger partial charge in [0.15, 0.2) is 0 Å². The Labute approximate surface area is 122 Å². The highest BCUT2D eigenvalue weighted by atomic mass is 79.9. The van der Waals surface area contributed by atoms with Crippen molar-refractivity contribution in [3.05, 3.63) is 34.3 Å². The van der Waals surface area contributed by atoms with Crippen molar-refractivity contribution in [1.29, 1.82) is 0 Å². The van der Waals surface area contributed by atoms with E-state index in [0.29, 0.717) is 0 Å². The number of benzene rings is 1. The van der Waals surface area contributed by atoms with E-state index in [9.17, 15) is 9.90 Å². The Bertz CT molecular complexity index is 432. The van der Waals surface area contributed by atoms with E-state index in [1.807, 2.05) is 19.2 Å². The molecule has 0 radical (unpaired) electrons. The lowest BCUT2D eigenvalue weighted by atomic mass is 9.83. The fourth-order valence-electron chi connectivity index (χ4n) is 2.92. The highest BCUT2D eigenvalue weighted by molar-refractivity contribution is 9.10. The molecule has 2 rings (SSSR count). The summed E-state index contributed by atoms with van der Waals surface area (Å²) < 4.78 is 1.07. The molecule has 19 heavy (non-hydrogen) atoms. The van der Waals surface area contributed by atoms with Gasteiger partial charge in [0.1, 0.15) is 0 Å². The monoisotopic (exact) mass is 325 g/mol. The van der Waals surface area contributed by atoms with Gasteiger partial charge in [-0.1, -0.05) is 40.9 Å². The molecule has 0 bridgehead atoms. The molecule has 2 atom stereocenters. The maximum Gasteiger partial charge on any atom is 0.308 e. The minimum absolute atomic E-state index is 0.162. The van der Waals surface area contributed by atoms with Gasteiger partial charge in [-0.05, 0) is 37.6 Å². The summed E-state index contributed by atoms with van der Waals surface area (Å²) in [5, 5.41) is 9.33. The number of rotatable bonds is 4. The van der Waals surface area contributed by atoms with Gasteiger partial charge in [0.25, 0.3) is 0 Å². The number of carboxylic acids is 1. The Morgan fingerprint density at radius 2 is 1.95 bits per heavy atom. The van der Waals surface area contributed by atoms with E-state index in [1.54, 1.807) is 0 Å². The van der Waals surface area contributed by atoms with Gasteiger partial charge in [-0.3, -0.25) is 9.69 Å². The number of carbonyl (C=O) groups is 1. The fourth-order valence-corrected chi connectivity index (χ4v) is 3.19. The van der Waals surface area contributed by atoms with E-state index in [1.165, 1.54) is 5.56 Å². The Hall–Kier alpha value is -0.870. The van der Waals surface area contributed by atoms with Crippen LogP contribution in [0.1, 0.15) is 31.2 Å². The number of hydrogen-bond donors (Lipinski definition) is 1. The number of nitrogens with zero attached hydrogens (tertiary/aromatic N) is 1. The first-order chi connectivity index (χ1) is 9.08. The van der Waals surface area contributed by atoms with E-state index in [0.717, 1.165) is 36.7 Å². The average molecular weight is 326 g/mol. The van der Waals surface area contributed by atoms with E-state index in [4.69, 9.17) is 0 Å². The van der Waals surface area contributed by atoms with E-state index in [2.05, 4.69) is 33.0 Å². The van der Waals surface area contributed by atoms with Crippen LogP contribution in [0.25, 0.3) is 0 Å². The summed E-state index contributed by atoms with van der Waals surface area (Å²) in [6, 6.07) is 8.38. The van der Waals surface area contributed by atoms with Gasteiger partial charge >= 0.3 is 5.97 Å². The SMILES string of the molecule is CN(Cc1ccc(Br)cc1)C1CCCCC1C(=O)O. The lowest BCUT2D eigenvalue weighted by Crippen LogP contribution is -2.43. The van der Waals surface area contributed by atoms with Gasteiger partial charge in [0.05, 0.1) is 5.92 Å². The van der Waals surface area contributed by atoms with Gasteiger partial charge in [-0.15, -0.1) is 0 Å². The van der Waals surface area contributed by atoms with Crippen molar-refractivity contribution in [2.24, 2.45) is 5.92 Å². The Morgan fingerprint density at radius 3 is 2.58 bits per heavy atom. The highest BCUT2D eigenvalue weighted by Crippen LogP contribution is 2.29. The van der Waals surface area contributed by atoms with Crippen LogP contribution in [0.5, 0.6) is 0 Å². The zero-order valence-corrected chi connectivity index (χ0v) is 12.8. The first kappa shape index (κ1) is 14.5. The van der Waals surface area contributed by atoms with Gasteiger partial charge in [0, 0.05) is 17.1 Å². The third-order valence-corrected chi connectivity index (χ3v) is 4.49. The van der Waals surface area contributed by atoms with E-state index >= 15 is 0 Å². The van der Waals surface area contributed by atoms with Crippen LogP contribution in [0.15, 0.2) is 28.7 Å². The molecule has 0 aliphatic heterocycles. The number of aliphatic carboxylic acids is 1. The summed E-state index contributed by atoms with van der Waals surface area (Å²) in [4.78, 5) is 13.5.